The average Bonchev–Trinajstić information content (AvgIpc) is 2.88. The van der Waals surface area contributed by atoms with Gasteiger partial charge in [0, 0.05) is 7.11 Å². The van der Waals surface area contributed by atoms with Crippen LogP contribution >= 0.6 is 0 Å². The molecule has 2 atom stereocenters. The molecule has 0 radical (unpaired) electrons. The molecule has 0 bridgehead atoms. The van der Waals surface area contributed by atoms with Crippen molar-refractivity contribution in [2.45, 2.75) is 50.4 Å². The zero-order valence-electron chi connectivity index (χ0n) is 15.2. The summed E-state index contributed by atoms with van der Waals surface area (Å²) in [6.07, 6.45) is -1.86. The standard InChI is InChI=1S/C17H25NO6S/c1-12-6-8-13(9-7-12)25(20,21)24-15-11-18(10-14(15)22-5)16(19)23-17(2,3)4/h6-9,14-15H,10-11H2,1-5H3/t14-,15-/m1/s1. The van der Waals surface area contributed by atoms with E-state index < -0.39 is 34.0 Å². The molecule has 25 heavy (non-hydrogen) atoms. The van der Waals surface area contributed by atoms with E-state index in [1.54, 1.807) is 32.9 Å². The Hall–Kier alpha value is -1.64. The zero-order chi connectivity index (χ0) is 18.8. The smallest absolute Gasteiger partial charge is 0.410 e. The summed E-state index contributed by atoms with van der Waals surface area (Å²) in [7, 11) is -2.49. The van der Waals surface area contributed by atoms with E-state index in [1.165, 1.54) is 24.1 Å². The summed E-state index contributed by atoms with van der Waals surface area (Å²) >= 11 is 0. The molecule has 0 aliphatic carbocycles. The van der Waals surface area contributed by atoms with Crippen molar-refractivity contribution in [1.29, 1.82) is 0 Å². The normalized spacial score (nSPS) is 21.4. The number of nitrogens with zero attached hydrogens (tertiary/aromatic N) is 1. The van der Waals surface area contributed by atoms with Gasteiger partial charge in [0.2, 0.25) is 0 Å². The highest BCUT2D eigenvalue weighted by atomic mass is 32.2. The van der Waals surface area contributed by atoms with Crippen LogP contribution in [-0.4, -0.2) is 57.4 Å². The summed E-state index contributed by atoms with van der Waals surface area (Å²) in [4.78, 5) is 13.7. The summed E-state index contributed by atoms with van der Waals surface area (Å²) in [5.74, 6) is 0. The fraction of sp³-hybridized carbons (Fsp3) is 0.588. The van der Waals surface area contributed by atoms with Gasteiger partial charge in [0.1, 0.15) is 17.8 Å². The summed E-state index contributed by atoms with van der Waals surface area (Å²) < 4.78 is 40.9. The molecule has 0 spiro atoms. The van der Waals surface area contributed by atoms with Crippen LogP contribution in [0.4, 0.5) is 4.79 Å². The van der Waals surface area contributed by atoms with Crippen LogP contribution in [0.3, 0.4) is 0 Å². The van der Waals surface area contributed by atoms with Crippen molar-refractivity contribution in [3.8, 4) is 0 Å². The quantitative estimate of drug-likeness (QED) is 0.756. The largest absolute Gasteiger partial charge is 0.444 e. The van der Waals surface area contributed by atoms with E-state index >= 15 is 0 Å². The van der Waals surface area contributed by atoms with Gasteiger partial charge >= 0.3 is 6.09 Å². The number of hydrogen-bond acceptors (Lipinski definition) is 6. The van der Waals surface area contributed by atoms with Crippen molar-refractivity contribution in [2.24, 2.45) is 0 Å². The number of methoxy groups -OCH3 is 1. The van der Waals surface area contributed by atoms with Gasteiger partial charge in [-0.1, -0.05) is 17.7 Å². The predicted octanol–water partition coefficient (Wildman–Crippen LogP) is 2.33. The second-order valence-electron chi connectivity index (χ2n) is 7.06. The lowest BCUT2D eigenvalue weighted by Crippen LogP contribution is -2.36. The minimum absolute atomic E-state index is 0.0728. The molecule has 1 aromatic carbocycles. The third kappa shape index (κ3) is 5.17. The third-order valence-corrected chi connectivity index (χ3v) is 5.08. The predicted molar refractivity (Wildman–Crippen MR) is 91.8 cm³/mol. The van der Waals surface area contributed by atoms with Crippen LogP contribution in [0.2, 0.25) is 0 Å². The summed E-state index contributed by atoms with van der Waals surface area (Å²) in [5.41, 5.74) is 0.317. The number of carbonyl (C=O) groups is 1. The second-order valence-corrected chi connectivity index (χ2v) is 8.63. The van der Waals surface area contributed by atoms with Gasteiger partial charge in [0.25, 0.3) is 10.1 Å². The Labute approximate surface area is 149 Å². The molecule has 140 valence electrons. The highest BCUT2D eigenvalue weighted by Crippen LogP contribution is 2.24. The molecule has 0 unspecified atom stereocenters. The first-order valence-corrected chi connectivity index (χ1v) is 9.43. The van der Waals surface area contributed by atoms with Crippen molar-refractivity contribution in [1.82, 2.24) is 4.90 Å². The van der Waals surface area contributed by atoms with E-state index in [0.717, 1.165) is 5.56 Å². The Morgan fingerprint density at radius 3 is 2.20 bits per heavy atom. The van der Waals surface area contributed by atoms with Crippen LogP contribution in [0.15, 0.2) is 29.2 Å². The van der Waals surface area contributed by atoms with Crippen molar-refractivity contribution in [3.05, 3.63) is 29.8 Å². The Kier molecular flexibility index (Phi) is 5.75. The highest BCUT2D eigenvalue weighted by molar-refractivity contribution is 7.86. The van der Waals surface area contributed by atoms with Crippen molar-refractivity contribution < 1.29 is 26.9 Å². The molecule has 1 saturated heterocycles. The minimum atomic E-state index is -3.95. The Balaban J connectivity index is 2.10. The highest BCUT2D eigenvalue weighted by Gasteiger charge is 2.40. The molecule has 1 aliphatic heterocycles. The maximum Gasteiger partial charge on any atom is 0.410 e. The van der Waals surface area contributed by atoms with Gasteiger partial charge in [-0.2, -0.15) is 8.42 Å². The summed E-state index contributed by atoms with van der Waals surface area (Å²) in [6, 6.07) is 6.39. The maximum absolute atomic E-state index is 12.5. The number of benzene rings is 1. The molecule has 1 aliphatic rings. The fourth-order valence-electron chi connectivity index (χ4n) is 2.46. The number of aryl methyl sites for hydroxylation is 1. The summed E-state index contributed by atoms with van der Waals surface area (Å²) in [5, 5.41) is 0. The van der Waals surface area contributed by atoms with Crippen LogP contribution in [0.5, 0.6) is 0 Å². The van der Waals surface area contributed by atoms with Crippen molar-refractivity contribution in [3.63, 3.8) is 0 Å². The SMILES string of the molecule is CO[C@@H]1CN(C(=O)OC(C)(C)C)C[C@H]1OS(=O)(=O)c1ccc(C)cc1. The van der Waals surface area contributed by atoms with Gasteiger partial charge < -0.3 is 14.4 Å². The van der Waals surface area contributed by atoms with Crippen LogP contribution < -0.4 is 0 Å². The maximum atomic E-state index is 12.5. The first kappa shape index (κ1) is 19.7. The van der Waals surface area contributed by atoms with E-state index in [-0.39, 0.29) is 18.0 Å². The third-order valence-electron chi connectivity index (χ3n) is 3.73. The van der Waals surface area contributed by atoms with E-state index in [9.17, 15) is 13.2 Å². The number of likely N-dealkylation sites (tertiary alicyclic amines) is 1. The molecule has 1 heterocycles. The molecule has 1 amide bonds. The van der Waals surface area contributed by atoms with Crippen LogP contribution in [-0.2, 0) is 23.8 Å². The minimum Gasteiger partial charge on any atom is -0.444 e. The topological polar surface area (TPSA) is 82.1 Å². The average molecular weight is 371 g/mol. The van der Waals surface area contributed by atoms with Crippen molar-refractivity contribution >= 4 is 16.2 Å². The summed E-state index contributed by atoms with van der Waals surface area (Å²) in [6.45, 7) is 7.46. The molecule has 1 fully saturated rings. The molecule has 1 aromatic rings. The van der Waals surface area contributed by atoms with E-state index in [1.807, 2.05) is 6.92 Å². The Morgan fingerprint density at radius 1 is 1.12 bits per heavy atom. The van der Waals surface area contributed by atoms with Crippen molar-refractivity contribution in [2.75, 3.05) is 20.2 Å². The lowest BCUT2D eigenvalue weighted by molar-refractivity contribution is 0.0244. The lowest BCUT2D eigenvalue weighted by atomic mass is 10.2. The van der Waals surface area contributed by atoms with Gasteiger partial charge in [-0.25, -0.2) is 4.79 Å². The number of hydrogen-bond donors (Lipinski definition) is 0. The fourth-order valence-corrected chi connectivity index (χ4v) is 3.55. The monoisotopic (exact) mass is 371 g/mol. The van der Waals surface area contributed by atoms with Gasteiger partial charge in [-0.05, 0) is 39.8 Å². The van der Waals surface area contributed by atoms with Gasteiger partial charge in [0.15, 0.2) is 0 Å². The second kappa shape index (κ2) is 7.31. The van der Waals surface area contributed by atoms with Gasteiger partial charge in [0.05, 0.1) is 18.0 Å². The number of rotatable bonds is 4. The number of ether oxygens (including phenoxy) is 2. The first-order chi connectivity index (χ1) is 11.5. The van der Waals surface area contributed by atoms with Gasteiger partial charge in [-0.15, -0.1) is 0 Å². The first-order valence-electron chi connectivity index (χ1n) is 8.02. The van der Waals surface area contributed by atoms with E-state index in [2.05, 4.69) is 0 Å². The molecule has 0 N–H and O–H groups in total. The van der Waals surface area contributed by atoms with E-state index in [4.69, 9.17) is 13.7 Å². The molecule has 7 nitrogen and oxygen atoms in total. The molecule has 2 rings (SSSR count). The van der Waals surface area contributed by atoms with Crippen LogP contribution in [0.25, 0.3) is 0 Å². The van der Waals surface area contributed by atoms with Crippen LogP contribution in [0.1, 0.15) is 26.3 Å². The zero-order valence-corrected chi connectivity index (χ0v) is 16.0. The van der Waals surface area contributed by atoms with E-state index in [0.29, 0.717) is 0 Å². The molecule has 0 saturated carbocycles. The Morgan fingerprint density at radius 2 is 1.68 bits per heavy atom. The lowest BCUT2D eigenvalue weighted by Gasteiger charge is -2.24. The van der Waals surface area contributed by atoms with Crippen LogP contribution in [0, 0.1) is 6.92 Å². The number of amides is 1. The molecular weight excluding hydrogens is 346 g/mol. The van der Waals surface area contributed by atoms with Gasteiger partial charge in [-0.3, -0.25) is 4.18 Å². The molecule has 8 heteroatoms. The molecule has 0 aromatic heterocycles. The number of carbonyl (C=O) groups excluding carboxylic acids is 1. The Bertz CT molecular complexity index is 708. The molecular formula is C17H25NO6S.